The van der Waals surface area contributed by atoms with Gasteiger partial charge in [-0.15, -0.1) is 0 Å². The molecule has 0 aromatic heterocycles. The highest BCUT2D eigenvalue weighted by atomic mass is 16.5. The van der Waals surface area contributed by atoms with Crippen LogP contribution >= 0.6 is 0 Å². The minimum atomic E-state index is -0.715. The Morgan fingerprint density at radius 2 is 1.33 bits per heavy atom. The van der Waals surface area contributed by atoms with Crippen LogP contribution in [0.4, 0.5) is 0 Å². The summed E-state index contributed by atoms with van der Waals surface area (Å²) in [5.74, 6) is 0. The largest absolute Gasteiger partial charge is 0.394 e. The molecular weight excluding hydrogens is 228 g/mol. The van der Waals surface area contributed by atoms with Gasteiger partial charge in [0.05, 0.1) is 13.2 Å². The monoisotopic (exact) mass is 260 g/mol. The summed E-state index contributed by atoms with van der Waals surface area (Å²) in [6, 6.07) is 0. The van der Waals surface area contributed by atoms with Crippen LogP contribution in [0.5, 0.6) is 0 Å². The number of aliphatic hydroxyl groups is 2. The van der Waals surface area contributed by atoms with Crippen LogP contribution in [0.2, 0.25) is 0 Å². The van der Waals surface area contributed by atoms with Crippen LogP contribution < -0.4 is 0 Å². The van der Waals surface area contributed by atoms with E-state index in [1.54, 1.807) is 0 Å². The molecule has 0 saturated carbocycles. The molecule has 0 aromatic rings. The van der Waals surface area contributed by atoms with Gasteiger partial charge in [-0.2, -0.15) is 0 Å². The third-order valence-corrected chi connectivity index (χ3v) is 3.16. The third-order valence-electron chi connectivity index (χ3n) is 3.16. The minimum Gasteiger partial charge on any atom is -0.394 e. The van der Waals surface area contributed by atoms with Crippen LogP contribution in [-0.4, -0.2) is 36.1 Å². The average Bonchev–Trinajstić information content (AvgIpc) is 2.39. The van der Waals surface area contributed by atoms with Crippen LogP contribution in [0.15, 0.2) is 0 Å². The fourth-order valence-corrected chi connectivity index (χ4v) is 1.96. The molecule has 0 saturated heterocycles. The summed E-state index contributed by atoms with van der Waals surface area (Å²) in [5, 5.41) is 17.6. The summed E-state index contributed by atoms with van der Waals surface area (Å²) < 4.78 is 5.25. The molecule has 0 fully saturated rings. The van der Waals surface area contributed by atoms with Gasteiger partial charge in [-0.25, -0.2) is 0 Å². The lowest BCUT2D eigenvalue weighted by molar-refractivity contribution is 0.00526. The van der Waals surface area contributed by atoms with Crippen LogP contribution in [0, 0.1) is 0 Å². The topological polar surface area (TPSA) is 49.7 Å². The van der Waals surface area contributed by atoms with Crippen molar-refractivity contribution in [1.29, 1.82) is 0 Å². The third kappa shape index (κ3) is 13.9. The lowest BCUT2D eigenvalue weighted by atomic mass is 10.1. The lowest BCUT2D eigenvalue weighted by Gasteiger charge is -2.07. The van der Waals surface area contributed by atoms with Gasteiger partial charge in [0.15, 0.2) is 0 Å². The van der Waals surface area contributed by atoms with Gasteiger partial charge in [0.1, 0.15) is 6.10 Å². The molecule has 0 heterocycles. The van der Waals surface area contributed by atoms with E-state index in [4.69, 9.17) is 14.9 Å². The van der Waals surface area contributed by atoms with E-state index in [0.717, 1.165) is 6.42 Å². The van der Waals surface area contributed by atoms with Gasteiger partial charge in [0.2, 0.25) is 0 Å². The van der Waals surface area contributed by atoms with Crippen molar-refractivity contribution in [3.8, 4) is 0 Å². The molecule has 0 aliphatic heterocycles. The van der Waals surface area contributed by atoms with E-state index >= 15 is 0 Å². The maximum atomic E-state index is 9.04. The second kappa shape index (κ2) is 14.9. The second-order valence-electron chi connectivity index (χ2n) is 5.09. The molecule has 3 nitrogen and oxygen atoms in total. The molecule has 0 radical (unpaired) electrons. The number of unbranched alkanes of at least 4 members (excludes halogenated alkanes) is 9. The average molecular weight is 260 g/mol. The molecule has 0 amide bonds. The first-order valence-electron chi connectivity index (χ1n) is 7.68. The standard InChI is InChI=1S/C15H32O3/c1-2-3-4-5-6-7-8-9-10-11-12-18-14-15(17)13-16/h15-17H,2-14H2,1H3/t15-/m0/s1. The minimum absolute atomic E-state index is 0.210. The van der Waals surface area contributed by atoms with Crippen LogP contribution in [0.25, 0.3) is 0 Å². The highest BCUT2D eigenvalue weighted by Crippen LogP contribution is 2.10. The van der Waals surface area contributed by atoms with Gasteiger partial charge in [0.25, 0.3) is 0 Å². The van der Waals surface area contributed by atoms with E-state index in [1.165, 1.54) is 57.8 Å². The fraction of sp³-hybridized carbons (Fsp3) is 1.00. The zero-order valence-electron chi connectivity index (χ0n) is 12.1. The quantitative estimate of drug-likeness (QED) is 0.471. The highest BCUT2D eigenvalue weighted by Gasteiger charge is 2.00. The first kappa shape index (κ1) is 17.9. The Morgan fingerprint density at radius 1 is 0.833 bits per heavy atom. The Morgan fingerprint density at radius 3 is 1.83 bits per heavy atom. The van der Waals surface area contributed by atoms with Gasteiger partial charge in [-0.3, -0.25) is 0 Å². The maximum Gasteiger partial charge on any atom is 0.100 e. The molecule has 0 rings (SSSR count). The van der Waals surface area contributed by atoms with Crippen molar-refractivity contribution in [2.24, 2.45) is 0 Å². The fourth-order valence-electron chi connectivity index (χ4n) is 1.96. The predicted octanol–water partition coefficient (Wildman–Crippen LogP) is 3.28. The van der Waals surface area contributed by atoms with Crippen molar-refractivity contribution in [2.75, 3.05) is 19.8 Å². The van der Waals surface area contributed by atoms with Gasteiger partial charge < -0.3 is 14.9 Å². The molecule has 110 valence electrons. The smallest absolute Gasteiger partial charge is 0.100 e. The van der Waals surface area contributed by atoms with Gasteiger partial charge in [-0.05, 0) is 6.42 Å². The Bertz CT molecular complexity index is 151. The van der Waals surface area contributed by atoms with E-state index in [-0.39, 0.29) is 13.2 Å². The van der Waals surface area contributed by atoms with Crippen LogP contribution in [0.1, 0.15) is 71.1 Å². The van der Waals surface area contributed by atoms with Crippen LogP contribution in [-0.2, 0) is 4.74 Å². The van der Waals surface area contributed by atoms with Crippen molar-refractivity contribution in [1.82, 2.24) is 0 Å². The molecule has 0 aromatic carbocycles. The zero-order chi connectivity index (χ0) is 13.5. The Labute approximate surface area is 113 Å². The molecule has 3 heteroatoms. The van der Waals surface area contributed by atoms with Crippen molar-refractivity contribution in [2.45, 2.75) is 77.2 Å². The number of rotatable bonds is 14. The van der Waals surface area contributed by atoms with E-state index < -0.39 is 6.10 Å². The van der Waals surface area contributed by atoms with Crippen molar-refractivity contribution < 1.29 is 14.9 Å². The van der Waals surface area contributed by atoms with E-state index in [0.29, 0.717) is 6.61 Å². The van der Waals surface area contributed by atoms with Gasteiger partial charge in [-0.1, -0.05) is 64.7 Å². The molecule has 0 spiro atoms. The summed E-state index contributed by atoms with van der Waals surface area (Å²) in [4.78, 5) is 0. The zero-order valence-corrected chi connectivity index (χ0v) is 12.1. The van der Waals surface area contributed by atoms with Gasteiger partial charge >= 0.3 is 0 Å². The summed E-state index contributed by atoms with van der Waals surface area (Å²) in [7, 11) is 0. The molecule has 0 unspecified atom stereocenters. The summed E-state index contributed by atoms with van der Waals surface area (Å²) in [6.45, 7) is 3.00. The summed E-state index contributed by atoms with van der Waals surface area (Å²) in [6.07, 6.45) is 12.5. The normalized spacial score (nSPS) is 12.8. The predicted molar refractivity (Wildman–Crippen MR) is 75.8 cm³/mol. The second-order valence-corrected chi connectivity index (χ2v) is 5.09. The first-order valence-corrected chi connectivity index (χ1v) is 7.68. The molecule has 2 N–H and O–H groups in total. The van der Waals surface area contributed by atoms with E-state index in [1.807, 2.05) is 0 Å². The molecule has 18 heavy (non-hydrogen) atoms. The molecule has 0 aliphatic carbocycles. The van der Waals surface area contributed by atoms with Gasteiger partial charge in [0, 0.05) is 6.61 Å². The SMILES string of the molecule is CCCCCCCCCCCCOC[C@@H](O)CO. The molecule has 1 atom stereocenters. The van der Waals surface area contributed by atoms with Crippen LogP contribution in [0.3, 0.4) is 0 Å². The van der Waals surface area contributed by atoms with Crippen molar-refractivity contribution >= 4 is 0 Å². The lowest BCUT2D eigenvalue weighted by Crippen LogP contribution is -2.19. The maximum absolute atomic E-state index is 9.04. The number of ether oxygens (including phenoxy) is 1. The molecule has 0 aliphatic rings. The van der Waals surface area contributed by atoms with Crippen molar-refractivity contribution in [3.05, 3.63) is 0 Å². The van der Waals surface area contributed by atoms with E-state index in [2.05, 4.69) is 6.92 Å². The Balaban J connectivity index is 2.94. The Kier molecular flexibility index (Phi) is 14.8. The highest BCUT2D eigenvalue weighted by molar-refractivity contribution is 4.50. The Hall–Kier alpha value is -0.120. The molecular formula is C15H32O3. The van der Waals surface area contributed by atoms with Crippen molar-refractivity contribution in [3.63, 3.8) is 0 Å². The summed E-state index contributed by atoms with van der Waals surface area (Å²) in [5.41, 5.74) is 0. The number of hydrogen-bond donors (Lipinski definition) is 2. The number of aliphatic hydroxyl groups excluding tert-OH is 2. The summed E-state index contributed by atoms with van der Waals surface area (Å²) >= 11 is 0. The van der Waals surface area contributed by atoms with E-state index in [9.17, 15) is 0 Å². The molecule has 0 bridgehead atoms. The first-order chi connectivity index (χ1) is 8.81. The number of hydrogen-bond acceptors (Lipinski definition) is 3.